The molecule has 0 aromatic rings. The van der Waals surface area contributed by atoms with Crippen molar-refractivity contribution in [2.75, 3.05) is 0 Å². The number of hydrogen-bond acceptors (Lipinski definition) is 1. The normalized spacial score (nSPS) is 53.3. The monoisotopic (exact) mass is 359 g/mol. The van der Waals surface area contributed by atoms with E-state index in [1.165, 1.54) is 44.1 Å². The number of aliphatic hydroxyl groups is 1. The van der Waals surface area contributed by atoms with E-state index in [-0.39, 0.29) is 17.1 Å². The molecule has 4 aliphatic carbocycles. The Hall–Kier alpha value is -0.630. The van der Waals surface area contributed by atoms with E-state index >= 15 is 0 Å². The zero-order chi connectivity index (χ0) is 18.7. The van der Waals surface area contributed by atoms with E-state index in [4.69, 9.17) is 4.42 Å². The first-order chi connectivity index (χ1) is 12.3. The van der Waals surface area contributed by atoms with Gasteiger partial charge in [0.2, 0.25) is 0 Å². The van der Waals surface area contributed by atoms with E-state index in [1.807, 2.05) is 0 Å². The van der Waals surface area contributed by atoms with Gasteiger partial charge in [-0.25, -0.2) is 0 Å². The molecule has 2 nitrogen and oxygen atoms in total. The van der Waals surface area contributed by atoms with E-state index < -0.39 is 0 Å². The maximum absolute atomic E-state index is 11.1. The van der Waals surface area contributed by atoms with E-state index in [0.717, 1.165) is 37.0 Å². The molecule has 0 saturated heterocycles. The fourth-order valence-electron chi connectivity index (χ4n) is 7.90. The Kier molecular flexibility index (Phi) is 4.46. The van der Waals surface area contributed by atoms with Crippen LogP contribution in [0.3, 0.4) is 0 Å². The lowest BCUT2D eigenvalue weighted by Gasteiger charge is -2.59. The number of allylic oxidation sites excluding steroid dienone is 1. The molecule has 146 valence electrons. The van der Waals surface area contributed by atoms with Gasteiger partial charge in [0.15, 0.2) is 0 Å². The van der Waals surface area contributed by atoms with Gasteiger partial charge in [0.05, 0.1) is 6.10 Å². The molecule has 1 N–H and O–H groups in total. The van der Waals surface area contributed by atoms with Crippen LogP contribution in [0.5, 0.6) is 0 Å². The maximum Gasteiger partial charge on any atom is 0.276 e. The van der Waals surface area contributed by atoms with Crippen molar-refractivity contribution in [2.45, 2.75) is 97.2 Å². The highest BCUT2D eigenvalue weighted by Gasteiger charge is 2.61. The zero-order valence-electron chi connectivity index (χ0n) is 17.4. The van der Waals surface area contributed by atoms with E-state index in [1.54, 1.807) is 0 Å². The Bertz CT molecular complexity index is 609. The summed E-state index contributed by atoms with van der Waals surface area (Å²) < 4.78 is 5.68. The van der Waals surface area contributed by atoms with Gasteiger partial charge in [-0.1, -0.05) is 33.3 Å². The van der Waals surface area contributed by atoms with E-state index in [9.17, 15) is 5.11 Å². The molecule has 0 aromatic heterocycles. The van der Waals surface area contributed by atoms with Crippen LogP contribution in [0, 0.1) is 34.5 Å². The molecule has 4 aliphatic rings. The molecule has 8 atom stereocenters. The van der Waals surface area contributed by atoms with Gasteiger partial charge < -0.3 is 5.11 Å². The van der Waals surface area contributed by atoms with Gasteiger partial charge in [-0.05, 0) is 73.2 Å². The number of carbonyl (C=O) groups excluding carboxylic acids is 1. The van der Waals surface area contributed by atoms with E-state index in [0.29, 0.717) is 11.3 Å². The Balaban J connectivity index is 1.61. The summed E-state index contributed by atoms with van der Waals surface area (Å²) >= 11 is 0. The van der Waals surface area contributed by atoms with Gasteiger partial charge in [0, 0.05) is 25.2 Å². The summed E-state index contributed by atoms with van der Waals surface area (Å²) in [4.78, 5) is 0. The minimum atomic E-state index is -0.198. The first-order valence-electron chi connectivity index (χ1n) is 11.1. The Morgan fingerprint density at radius 2 is 1.85 bits per heavy atom. The summed E-state index contributed by atoms with van der Waals surface area (Å²) in [5, 5.41) is 11.1. The first kappa shape index (κ1) is 18.7. The Morgan fingerprint density at radius 1 is 1.12 bits per heavy atom. The molecule has 0 heterocycles. The number of aliphatic hydroxyl groups excluding tert-OH is 1. The second-order valence-electron chi connectivity index (χ2n) is 10.9. The van der Waals surface area contributed by atoms with Crippen LogP contribution < -0.4 is 0 Å². The highest BCUT2D eigenvalue weighted by Crippen LogP contribution is 2.65. The standard InChI is InChI=1S/C24H39O2/c1-6-7-16-14-20-18-8-11-22(2)15-23(3,26-5)12-10-19(22)17(18)9-13-24(20,4)21(16)25/h14,17-21,25H,5-13,15H2,1-4H3/q+1/t17?,18?,19?,20?,21?,22-,23-,24?/m1/s1. The van der Waals surface area contributed by atoms with Crippen LogP contribution >= 0.6 is 0 Å². The number of fused-ring (bicyclic) bond motifs is 5. The molecule has 0 bridgehead atoms. The average molecular weight is 360 g/mol. The molecule has 0 aromatic carbocycles. The summed E-state index contributed by atoms with van der Waals surface area (Å²) in [6, 6.07) is 0. The maximum atomic E-state index is 11.1. The van der Waals surface area contributed by atoms with Crippen LogP contribution in [-0.2, 0) is 4.42 Å². The lowest BCUT2D eigenvalue weighted by molar-refractivity contribution is -0.553. The molecule has 3 saturated carbocycles. The van der Waals surface area contributed by atoms with Crippen molar-refractivity contribution in [3.05, 3.63) is 11.6 Å². The predicted molar refractivity (Wildman–Crippen MR) is 107 cm³/mol. The Morgan fingerprint density at radius 3 is 2.54 bits per heavy atom. The lowest BCUT2D eigenvalue weighted by Crippen LogP contribution is -2.55. The van der Waals surface area contributed by atoms with Crippen molar-refractivity contribution in [1.82, 2.24) is 0 Å². The van der Waals surface area contributed by atoms with Crippen LogP contribution in [0.2, 0.25) is 0 Å². The van der Waals surface area contributed by atoms with Crippen LogP contribution in [0.4, 0.5) is 0 Å². The minimum Gasteiger partial charge on any atom is -0.388 e. The molecular weight excluding hydrogens is 320 g/mol. The van der Waals surface area contributed by atoms with Crippen molar-refractivity contribution < 1.29 is 9.53 Å². The van der Waals surface area contributed by atoms with Crippen LogP contribution in [0.15, 0.2) is 11.6 Å². The molecule has 0 radical (unpaired) electrons. The summed E-state index contributed by atoms with van der Waals surface area (Å²) in [5.41, 5.74) is 1.82. The molecule has 2 heteroatoms. The molecule has 0 amide bonds. The van der Waals surface area contributed by atoms with Crippen LogP contribution in [-0.4, -0.2) is 23.6 Å². The SMILES string of the molecule is C=[O+][C@]1(C)CCC2C3CCC4(C)C(O)C(CCC)=CC4C3CC[C@]2(C)C1. The average Bonchev–Trinajstić information content (AvgIpc) is 2.86. The molecular formula is C24H39O2+. The molecule has 4 rings (SSSR count). The van der Waals surface area contributed by atoms with Crippen molar-refractivity contribution in [1.29, 1.82) is 0 Å². The fourth-order valence-corrected chi connectivity index (χ4v) is 7.90. The molecule has 6 unspecified atom stereocenters. The van der Waals surface area contributed by atoms with Gasteiger partial charge in [0.25, 0.3) is 12.4 Å². The summed E-state index contributed by atoms with van der Waals surface area (Å²) in [7, 11) is 0. The topological polar surface area (TPSA) is 31.5 Å². The van der Waals surface area contributed by atoms with Crippen molar-refractivity contribution in [3.63, 3.8) is 0 Å². The largest absolute Gasteiger partial charge is 0.388 e. The van der Waals surface area contributed by atoms with Gasteiger partial charge >= 0.3 is 0 Å². The Labute approximate surface area is 160 Å². The highest BCUT2D eigenvalue weighted by atomic mass is 16.4. The van der Waals surface area contributed by atoms with Gasteiger partial charge in [0.1, 0.15) is 0 Å². The van der Waals surface area contributed by atoms with Gasteiger partial charge in [-0.2, -0.15) is 0 Å². The fraction of sp³-hybridized carbons (Fsp3) is 0.875. The van der Waals surface area contributed by atoms with Crippen molar-refractivity contribution in [3.8, 4) is 0 Å². The number of hydrogen-bond donors (Lipinski definition) is 1. The molecule has 3 fully saturated rings. The summed E-state index contributed by atoms with van der Waals surface area (Å²) in [6.07, 6.45) is 13.3. The summed E-state index contributed by atoms with van der Waals surface area (Å²) in [6.45, 7) is 13.2. The predicted octanol–water partition coefficient (Wildman–Crippen LogP) is 5.46. The third kappa shape index (κ3) is 2.58. The molecule has 26 heavy (non-hydrogen) atoms. The third-order valence-electron chi connectivity index (χ3n) is 9.27. The summed E-state index contributed by atoms with van der Waals surface area (Å²) in [5.74, 6) is 3.04. The van der Waals surface area contributed by atoms with Crippen LogP contribution in [0.25, 0.3) is 0 Å². The van der Waals surface area contributed by atoms with Crippen molar-refractivity contribution >= 4 is 6.79 Å². The highest BCUT2D eigenvalue weighted by molar-refractivity contribution is 5.27. The number of rotatable bonds is 3. The zero-order valence-corrected chi connectivity index (χ0v) is 17.4. The molecule has 0 spiro atoms. The minimum absolute atomic E-state index is 0.0288. The van der Waals surface area contributed by atoms with E-state index in [2.05, 4.69) is 40.6 Å². The smallest absolute Gasteiger partial charge is 0.276 e. The van der Waals surface area contributed by atoms with Gasteiger partial charge in [-0.3, -0.25) is 4.42 Å². The van der Waals surface area contributed by atoms with Gasteiger partial charge in [-0.15, -0.1) is 0 Å². The quantitative estimate of drug-likeness (QED) is 0.526. The molecule has 0 aliphatic heterocycles. The van der Waals surface area contributed by atoms with Crippen molar-refractivity contribution in [2.24, 2.45) is 34.5 Å². The second kappa shape index (κ2) is 6.19. The second-order valence-corrected chi connectivity index (χ2v) is 10.9. The van der Waals surface area contributed by atoms with Crippen LogP contribution in [0.1, 0.15) is 85.5 Å². The first-order valence-corrected chi connectivity index (χ1v) is 11.1. The third-order valence-corrected chi connectivity index (χ3v) is 9.27. The lowest BCUT2D eigenvalue weighted by atomic mass is 9.45.